The van der Waals surface area contributed by atoms with E-state index in [0.29, 0.717) is 11.1 Å². The van der Waals surface area contributed by atoms with E-state index in [-0.39, 0.29) is 12.1 Å². The number of aromatic amines is 1. The van der Waals surface area contributed by atoms with Crippen molar-refractivity contribution in [1.82, 2.24) is 4.98 Å². The SMILES string of the molecule is N[C@@H](Cc1c[nH]c2c1C=CC(=O)C2=O)C(=O)O. The summed E-state index contributed by atoms with van der Waals surface area (Å²) in [7, 11) is 0. The number of Topliss-reactive ketones (excluding diaryl/α,β-unsaturated/α-hetero) is 1. The third-order valence-corrected chi connectivity index (χ3v) is 2.62. The predicted molar refractivity (Wildman–Crippen MR) is 58.5 cm³/mol. The number of nitrogens with two attached hydrogens (primary N) is 1. The molecule has 1 atom stereocenters. The average molecular weight is 234 g/mol. The molecule has 1 aromatic heterocycles. The molecule has 1 heterocycles. The van der Waals surface area contributed by atoms with Crippen molar-refractivity contribution in [2.75, 3.05) is 0 Å². The number of carbonyl (C=O) groups is 3. The second-order valence-corrected chi connectivity index (χ2v) is 3.78. The second kappa shape index (κ2) is 3.99. The van der Waals surface area contributed by atoms with Crippen LogP contribution in [0, 0.1) is 0 Å². The highest BCUT2D eigenvalue weighted by Gasteiger charge is 2.25. The lowest BCUT2D eigenvalue weighted by molar-refractivity contribution is -0.138. The molecule has 0 aromatic carbocycles. The fraction of sp³-hybridized carbons (Fsp3) is 0.182. The maximum atomic E-state index is 11.5. The van der Waals surface area contributed by atoms with Gasteiger partial charge in [-0.25, -0.2) is 0 Å². The maximum absolute atomic E-state index is 11.5. The number of hydrogen-bond donors (Lipinski definition) is 3. The van der Waals surface area contributed by atoms with Crippen LogP contribution in [0.15, 0.2) is 12.3 Å². The number of nitrogens with one attached hydrogen (secondary N) is 1. The fourth-order valence-electron chi connectivity index (χ4n) is 1.70. The van der Waals surface area contributed by atoms with Crippen LogP contribution in [0.2, 0.25) is 0 Å². The lowest BCUT2D eigenvalue weighted by atomic mass is 9.97. The number of aromatic nitrogens is 1. The molecule has 0 amide bonds. The lowest BCUT2D eigenvalue weighted by Crippen LogP contribution is -2.32. The first kappa shape index (κ1) is 11.3. The zero-order chi connectivity index (χ0) is 12.6. The van der Waals surface area contributed by atoms with Crippen molar-refractivity contribution in [3.63, 3.8) is 0 Å². The topological polar surface area (TPSA) is 113 Å². The first-order valence-corrected chi connectivity index (χ1v) is 4.96. The molecule has 0 radical (unpaired) electrons. The molecule has 4 N–H and O–H groups in total. The van der Waals surface area contributed by atoms with Crippen LogP contribution in [0.5, 0.6) is 0 Å². The molecule has 0 saturated heterocycles. The van der Waals surface area contributed by atoms with Crippen LogP contribution < -0.4 is 5.73 Å². The maximum Gasteiger partial charge on any atom is 0.320 e. The van der Waals surface area contributed by atoms with Gasteiger partial charge in [0.15, 0.2) is 0 Å². The number of allylic oxidation sites excluding steroid dienone is 1. The monoisotopic (exact) mass is 234 g/mol. The Labute approximate surface area is 96.1 Å². The number of fused-ring (bicyclic) bond motifs is 1. The minimum absolute atomic E-state index is 0.104. The Morgan fingerprint density at radius 2 is 2.12 bits per heavy atom. The van der Waals surface area contributed by atoms with Crippen LogP contribution in [0.1, 0.15) is 21.6 Å². The molecule has 0 bridgehead atoms. The Hall–Kier alpha value is -2.21. The normalized spacial score (nSPS) is 15.8. The molecule has 0 saturated carbocycles. The van der Waals surface area contributed by atoms with E-state index in [2.05, 4.69) is 4.98 Å². The van der Waals surface area contributed by atoms with Gasteiger partial charge >= 0.3 is 5.97 Å². The van der Waals surface area contributed by atoms with Crippen molar-refractivity contribution in [1.29, 1.82) is 0 Å². The van der Waals surface area contributed by atoms with E-state index in [1.165, 1.54) is 18.3 Å². The van der Waals surface area contributed by atoms with Gasteiger partial charge in [0, 0.05) is 18.2 Å². The molecule has 6 heteroatoms. The number of carboxylic acid groups (broad SMARTS) is 1. The number of aliphatic carboxylic acids is 1. The van der Waals surface area contributed by atoms with Crippen LogP contribution >= 0.6 is 0 Å². The van der Waals surface area contributed by atoms with Crippen molar-refractivity contribution in [2.24, 2.45) is 5.73 Å². The summed E-state index contributed by atoms with van der Waals surface area (Å²) in [4.78, 5) is 35.9. The molecular weight excluding hydrogens is 224 g/mol. The number of hydrogen-bond acceptors (Lipinski definition) is 4. The standard InChI is InChI=1S/C11H10N2O4/c12-7(11(16)17)3-5-4-13-9-6(5)1-2-8(14)10(9)15/h1-2,4,7,13H,3,12H2,(H,16,17)/t7-/m0/s1. The van der Waals surface area contributed by atoms with E-state index in [1.807, 2.05) is 0 Å². The molecule has 6 nitrogen and oxygen atoms in total. The summed E-state index contributed by atoms with van der Waals surface area (Å²) in [5.74, 6) is -2.31. The minimum Gasteiger partial charge on any atom is -0.480 e. The van der Waals surface area contributed by atoms with E-state index >= 15 is 0 Å². The molecule has 88 valence electrons. The Bertz CT molecular complexity index is 542. The quantitative estimate of drug-likeness (QED) is 0.624. The van der Waals surface area contributed by atoms with Crippen molar-refractivity contribution >= 4 is 23.6 Å². The summed E-state index contributed by atoms with van der Waals surface area (Å²) in [6.45, 7) is 0. The second-order valence-electron chi connectivity index (χ2n) is 3.78. The first-order valence-electron chi connectivity index (χ1n) is 4.96. The molecule has 0 aliphatic heterocycles. The number of rotatable bonds is 3. The van der Waals surface area contributed by atoms with Gasteiger partial charge < -0.3 is 15.8 Å². The van der Waals surface area contributed by atoms with Crippen molar-refractivity contribution in [2.45, 2.75) is 12.5 Å². The third-order valence-electron chi connectivity index (χ3n) is 2.62. The highest BCUT2D eigenvalue weighted by Crippen LogP contribution is 2.21. The van der Waals surface area contributed by atoms with Crippen molar-refractivity contribution in [3.8, 4) is 0 Å². The van der Waals surface area contributed by atoms with E-state index in [1.54, 1.807) is 0 Å². The third kappa shape index (κ3) is 1.90. The predicted octanol–water partition coefficient (Wildman–Crippen LogP) is -0.252. The Morgan fingerprint density at radius 1 is 1.41 bits per heavy atom. The smallest absolute Gasteiger partial charge is 0.320 e. The number of ketones is 2. The van der Waals surface area contributed by atoms with Gasteiger partial charge in [-0.05, 0) is 17.7 Å². The van der Waals surface area contributed by atoms with Gasteiger partial charge in [-0.15, -0.1) is 0 Å². The zero-order valence-electron chi connectivity index (χ0n) is 8.77. The van der Waals surface area contributed by atoms with Gasteiger partial charge in [-0.2, -0.15) is 0 Å². The highest BCUT2D eigenvalue weighted by molar-refractivity contribution is 6.49. The van der Waals surface area contributed by atoms with Crippen LogP contribution in [-0.4, -0.2) is 33.7 Å². The molecule has 1 aromatic rings. The summed E-state index contributed by atoms with van der Waals surface area (Å²) in [5, 5.41) is 8.70. The number of carbonyl (C=O) groups excluding carboxylic acids is 2. The summed E-state index contributed by atoms with van der Waals surface area (Å²) in [6, 6.07) is -1.03. The van der Waals surface area contributed by atoms with E-state index in [4.69, 9.17) is 10.8 Å². The molecule has 0 fully saturated rings. The molecule has 1 aliphatic rings. The van der Waals surface area contributed by atoms with Gasteiger partial charge in [0.05, 0.1) is 5.69 Å². The van der Waals surface area contributed by atoms with Crippen LogP contribution in [0.4, 0.5) is 0 Å². The summed E-state index contributed by atoms with van der Waals surface area (Å²) < 4.78 is 0. The average Bonchev–Trinajstić information content (AvgIpc) is 2.67. The van der Waals surface area contributed by atoms with E-state index < -0.39 is 23.6 Å². The van der Waals surface area contributed by atoms with Gasteiger partial charge in [0.2, 0.25) is 11.6 Å². The highest BCUT2D eigenvalue weighted by atomic mass is 16.4. The minimum atomic E-state index is -1.11. The Balaban J connectivity index is 2.33. The van der Waals surface area contributed by atoms with Crippen LogP contribution in [-0.2, 0) is 16.0 Å². The van der Waals surface area contributed by atoms with Gasteiger partial charge in [0.25, 0.3) is 0 Å². The lowest BCUT2D eigenvalue weighted by Gasteiger charge is -2.08. The van der Waals surface area contributed by atoms with Gasteiger partial charge in [-0.3, -0.25) is 14.4 Å². The summed E-state index contributed by atoms with van der Waals surface area (Å²) >= 11 is 0. The Kier molecular flexibility index (Phi) is 2.64. The number of H-pyrrole nitrogens is 1. The zero-order valence-corrected chi connectivity index (χ0v) is 8.77. The molecular formula is C11H10N2O4. The Morgan fingerprint density at radius 3 is 2.76 bits per heavy atom. The van der Waals surface area contributed by atoms with Crippen LogP contribution in [0.3, 0.4) is 0 Å². The molecule has 1 aliphatic carbocycles. The number of carboxylic acids is 1. The van der Waals surface area contributed by atoms with Crippen LogP contribution in [0.25, 0.3) is 6.08 Å². The van der Waals surface area contributed by atoms with Gasteiger partial charge in [-0.1, -0.05) is 0 Å². The fourth-order valence-corrected chi connectivity index (χ4v) is 1.70. The molecule has 17 heavy (non-hydrogen) atoms. The summed E-state index contributed by atoms with van der Waals surface area (Å²) in [6.07, 6.45) is 4.29. The molecule has 0 spiro atoms. The van der Waals surface area contributed by atoms with E-state index in [0.717, 1.165) is 0 Å². The van der Waals surface area contributed by atoms with Crippen molar-refractivity contribution in [3.05, 3.63) is 29.1 Å². The van der Waals surface area contributed by atoms with Crippen molar-refractivity contribution < 1.29 is 19.5 Å². The first-order chi connectivity index (χ1) is 8.00. The largest absolute Gasteiger partial charge is 0.480 e. The van der Waals surface area contributed by atoms with Gasteiger partial charge in [0.1, 0.15) is 6.04 Å². The van der Waals surface area contributed by atoms with E-state index in [9.17, 15) is 14.4 Å². The molecule has 2 rings (SSSR count). The summed E-state index contributed by atoms with van der Waals surface area (Å²) in [5.41, 5.74) is 6.78. The molecule has 0 unspecified atom stereocenters.